The first-order valence-electron chi connectivity index (χ1n) is 10.2. The quantitative estimate of drug-likeness (QED) is 0.703. The van der Waals surface area contributed by atoms with Crippen molar-refractivity contribution in [2.75, 3.05) is 23.1 Å². The number of hydrogen-bond acceptors (Lipinski definition) is 4. The van der Waals surface area contributed by atoms with Crippen LogP contribution in [0.25, 0.3) is 11.1 Å². The van der Waals surface area contributed by atoms with Crippen molar-refractivity contribution in [3.05, 3.63) is 48.5 Å². The van der Waals surface area contributed by atoms with Gasteiger partial charge in [0.05, 0.1) is 10.6 Å². The van der Waals surface area contributed by atoms with E-state index >= 15 is 0 Å². The monoisotopic (exact) mass is 430 g/mol. The zero-order chi connectivity index (χ0) is 20.3. The molecule has 0 saturated heterocycles. The lowest BCUT2D eigenvalue weighted by atomic mass is 10.0. The number of para-hydroxylation sites is 1. The first-order valence-corrected chi connectivity index (χ1v) is 12.7. The maximum absolute atomic E-state index is 13.2. The third kappa shape index (κ3) is 4.31. The fraction of sp³-hybridized carbons (Fsp3) is 0.409. The molecule has 4 rings (SSSR count). The van der Waals surface area contributed by atoms with E-state index in [0.29, 0.717) is 23.0 Å². The van der Waals surface area contributed by atoms with Crippen LogP contribution in [0.2, 0.25) is 0 Å². The summed E-state index contributed by atoms with van der Waals surface area (Å²) in [6.45, 7) is 0.355. The maximum atomic E-state index is 13.2. The number of carbonyl (C=O) groups excluding carboxylic acids is 1. The number of sulfonamides is 1. The Labute approximate surface area is 176 Å². The van der Waals surface area contributed by atoms with E-state index in [-0.39, 0.29) is 17.3 Å². The van der Waals surface area contributed by atoms with Gasteiger partial charge in [0.2, 0.25) is 5.91 Å². The standard InChI is InChI=1S/C22H26N2O3S2/c25-22(23-14-15-28-17-8-2-1-3-9-17)16-24-20-12-6-4-10-18(20)19-11-5-7-13-21(19)29(24,26)27/h4-7,10-13,17H,1-3,8-9,14-16H2,(H,23,25). The normalized spacial score (nSPS) is 18.0. The fourth-order valence-corrected chi connectivity index (χ4v) is 6.95. The summed E-state index contributed by atoms with van der Waals surface area (Å²) in [4.78, 5) is 12.8. The van der Waals surface area contributed by atoms with Crippen molar-refractivity contribution in [2.24, 2.45) is 0 Å². The van der Waals surface area contributed by atoms with Crippen molar-refractivity contribution in [3.63, 3.8) is 0 Å². The molecule has 1 amide bonds. The second kappa shape index (κ2) is 8.79. The lowest BCUT2D eigenvalue weighted by molar-refractivity contribution is -0.119. The molecule has 0 unspecified atom stereocenters. The molecule has 2 aromatic carbocycles. The lowest BCUT2D eigenvalue weighted by Crippen LogP contribution is -2.43. The number of amides is 1. The van der Waals surface area contributed by atoms with Gasteiger partial charge in [-0.1, -0.05) is 55.7 Å². The highest BCUT2D eigenvalue weighted by Crippen LogP contribution is 2.42. The molecule has 1 aliphatic carbocycles. The van der Waals surface area contributed by atoms with Crippen molar-refractivity contribution in [3.8, 4) is 11.1 Å². The summed E-state index contributed by atoms with van der Waals surface area (Å²) in [5, 5.41) is 3.60. The summed E-state index contributed by atoms with van der Waals surface area (Å²) < 4.78 is 27.6. The van der Waals surface area contributed by atoms with Gasteiger partial charge in [0.25, 0.3) is 10.0 Å². The molecule has 1 heterocycles. The Balaban J connectivity index is 1.43. The molecular formula is C22H26N2O3S2. The van der Waals surface area contributed by atoms with Gasteiger partial charge in [-0.05, 0) is 25.0 Å². The van der Waals surface area contributed by atoms with E-state index in [0.717, 1.165) is 11.3 Å². The van der Waals surface area contributed by atoms with E-state index in [1.165, 1.54) is 36.4 Å². The van der Waals surface area contributed by atoms with Crippen molar-refractivity contribution < 1.29 is 13.2 Å². The largest absolute Gasteiger partial charge is 0.354 e. The van der Waals surface area contributed by atoms with Crippen LogP contribution in [0.3, 0.4) is 0 Å². The fourth-order valence-electron chi connectivity index (χ4n) is 4.09. The number of nitrogens with zero attached hydrogens (tertiary/aromatic N) is 1. The predicted molar refractivity (Wildman–Crippen MR) is 119 cm³/mol. The predicted octanol–water partition coefficient (Wildman–Crippen LogP) is 4.04. The molecule has 1 aliphatic heterocycles. The molecule has 1 N–H and O–H groups in total. The van der Waals surface area contributed by atoms with E-state index in [1.807, 2.05) is 36.0 Å². The minimum absolute atomic E-state index is 0.207. The van der Waals surface area contributed by atoms with Gasteiger partial charge in [-0.15, -0.1) is 0 Å². The van der Waals surface area contributed by atoms with E-state index in [2.05, 4.69) is 5.32 Å². The number of carbonyl (C=O) groups is 1. The van der Waals surface area contributed by atoms with Crippen LogP contribution in [0.4, 0.5) is 5.69 Å². The van der Waals surface area contributed by atoms with Gasteiger partial charge in [0.15, 0.2) is 0 Å². The van der Waals surface area contributed by atoms with Crippen molar-refractivity contribution in [2.45, 2.75) is 42.2 Å². The van der Waals surface area contributed by atoms with Crippen molar-refractivity contribution in [1.29, 1.82) is 0 Å². The maximum Gasteiger partial charge on any atom is 0.265 e. The summed E-state index contributed by atoms with van der Waals surface area (Å²) in [7, 11) is -3.77. The number of fused-ring (bicyclic) bond motifs is 3. The van der Waals surface area contributed by atoms with E-state index in [1.54, 1.807) is 24.3 Å². The lowest BCUT2D eigenvalue weighted by Gasteiger charge is -2.31. The Morgan fingerprint density at radius 2 is 1.69 bits per heavy atom. The molecule has 0 radical (unpaired) electrons. The van der Waals surface area contributed by atoms with Crippen LogP contribution in [0, 0.1) is 0 Å². The minimum atomic E-state index is -3.77. The van der Waals surface area contributed by atoms with Crippen molar-refractivity contribution >= 4 is 33.4 Å². The molecule has 2 aliphatic rings. The highest BCUT2D eigenvalue weighted by Gasteiger charge is 2.35. The zero-order valence-corrected chi connectivity index (χ0v) is 18.0. The highest BCUT2D eigenvalue weighted by atomic mass is 32.2. The van der Waals surface area contributed by atoms with Gasteiger partial charge in [-0.2, -0.15) is 11.8 Å². The smallest absolute Gasteiger partial charge is 0.265 e. The molecule has 1 saturated carbocycles. The number of anilines is 1. The van der Waals surface area contributed by atoms with Crippen molar-refractivity contribution in [1.82, 2.24) is 5.32 Å². The Kier molecular flexibility index (Phi) is 6.15. The number of hydrogen-bond donors (Lipinski definition) is 1. The van der Waals surface area contributed by atoms with Crippen LogP contribution >= 0.6 is 11.8 Å². The molecule has 0 spiro atoms. The van der Waals surface area contributed by atoms with Crippen LogP contribution in [-0.4, -0.2) is 38.4 Å². The summed E-state index contributed by atoms with van der Waals surface area (Å²) in [6, 6.07) is 14.3. The molecule has 5 nitrogen and oxygen atoms in total. The molecule has 7 heteroatoms. The molecule has 0 aromatic heterocycles. The number of nitrogens with one attached hydrogen (secondary N) is 1. The SMILES string of the molecule is O=C(CN1c2ccccc2-c2ccccc2S1(=O)=O)NCCSC1CCCCC1. The molecule has 29 heavy (non-hydrogen) atoms. The second-order valence-corrected chi connectivity index (χ2v) is 10.7. The average Bonchev–Trinajstić information content (AvgIpc) is 2.75. The first kappa shape index (κ1) is 20.3. The summed E-state index contributed by atoms with van der Waals surface area (Å²) >= 11 is 1.92. The molecule has 0 bridgehead atoms. The van der Waals surface area contributed by atoms with Gasteiger partial charge >= 0.3 is 0 Å². The Bertz CT molecular complexity index is 985. The molecule has 0 atom stereocenters. The first-order chi connectivity index (χ1) is 14.1. The van der Waals surface area contributed by atoms with E-state index in [9.17, 15) is 13.2 Å². The van der Waals surface area contributed by atoms with Gasteiger partial charge in [-0.25, -0.2) is 8.42 Å². The molecule has 2 aromatic rings. The number of rotatable bonds is 6. The average molecular weight is 431 g/mol. The molecular weight excluding hydrogens is 404 g/mol. The third-order valence-corrected chi connectivity index (χ3v) is 8.74. The van der Waals surface area contributed by atoms with Crippen LogP contribution in [-0.2, 0) is 14.8 Å². The number of thioether (sulfide) groups is 1. The van der Waals surface area contributed by atoms with Crippen LogP contribution < -0.4 is 9.62 Å². The Hall–Kier alpha value is -1.99. The van der Waals surface area contributed by atoms with Crippen LogP contribution in [0.5, 0.6) is 0 Å². The van der Waals surface area contributed by atoms with Crippen LogP contribution in [0.1, 0.15) is 32.1 Å². The summed E-state index contributed by atoms with van der Waals surface area (Å²) in [6.07, 6.45) is 6.47. The Morgan fingerprint density at radius 3 is 2.48 bits per heavy atom. The molecule has 1 fully saturated rings. The molecule has 154 valence electrons. The minimum Gasteiger partial charge on any atom is -0.354 e. The van der Waals surface area contributed by atoms with E-state index < -0.39 is 10.0 Å². The highest BCUT2D eigenvalue weighted by molar-refractivity contribution is 7.99. The van der Waals surface area contributed by atoms with Gasteiger partial charge in [-0.3, -0.25) is 9.10 Å². The topological polar surface area (TPSA) is 66.5 Å². The summed E-state index contributed by atoms with van der Waals surface area (Å²) in [5.74, 6) is 0.592. The Morgan fingerprint density at radius 1 is 1.00 bits per heavy atom. The van der Waals surface area contributed by atoms with Gasteiger partial charge in [0, 0.05) is 28.7 Å². The second-order valence-electron chi connectivity index (χ2n) is 7.51. The van der Waals surface area contributed by atoms with Gasteiger partial charge < -0.3 is 5.32 Å². The number of benzene rings is 2. The van der Waals surface area contributed by atoms with Crippen LogP contribution in [0.15, 0.2) is 53.4 Å². The third-order valence-electron chi connectivity index (χ3n) is 5.54. The summed E-state index contributed by atoms with van der Waals surface area (Å²) in [5.41, 5.74) is 2.07. The van der Waals surface area contributed by atoms with E-state index in [4.69, 9.17) is 0 Å². The zero-order valence-electron chi connectivity index (χ0n) is 16.3. The van der Waals surface area contributed by atoms with Gasteiger partial charge in [0.1, 0.15) is 6.54 Å².